The Kier molecular flexibility index (Phi) is 4.53. The second-order valence-corrected chi connectivity index (χ2v) is 8.99. The second kappa shape index (κ2) is 7.69. The molecule has 1 aromatic heterocycles. The van der Waals surface area contributed by atoms with Gasteiger partial charge in [-0.25, -0.2) is 0 Å². The molecule has 0 aliphatic carbocycles. The van der Waals surface area contributed by atoms with Crippen molar-refractivity contribution in [2.45, 2.75) is 9.79 Å². The zero-order chi connectivity index (χ0) is 21.5. The van der Waals surface area contributed by atoms with E-state index < -0.39 is 0 Å². The molecule has 0 atom stereocenters. The third-order valence-electron chi connectivity index (χ3n) is 5.69. The molecule has 5 aromatic rings. The molecule has 0 unspecified atom stereocenters. The monoisotopic (exact) mass is 431 g/mol. The molecule has 0 radical (unpaired) electrons. The zero-order valence-electron chi connectivity index (χ0n) is 17.6. The first-order chi connectivity index (χ1) is 15.8. The Bertz CT molecular complexity index is 1590. The molecule has 0 bridgehead atoms. The van der Waals surface area contributed by atoms with Gasteiger partial charge in [-0.15, -0.1) is 0 Å². The van der Waals surface area contributed by atoms with Crippen LogP contribution in [0.15, 0.2) is 119 Å². The van der Waals surface area contributed by atoms with E-state index in [1.54, 1.807) is 11.8 Å². The van der Waals surface area contributed by atoms with Gasteiger partial charge in [0.05, 0.1) is 11.0 Å². The number of nitrogens with zero attached hydrogens (tertiary/aromatic N) is 3. The van der Waals surface area contributed by atoms with Crippen LogP contribution in [0.2, 0.25) is 0 Å². The molecular weight excluding hydrogens is 410 g/mol. The Labute approximate surface area is 190 Å². The topological polar surface area (TPSA) is 10.9 Å². The van der Waals surface area contributed by atoms with E-state index in [1.807, 2.05) is 28.6 Å². The summed E-state index contributed by atoms with van der Waals surface area (Å²) in [5.41, 5.74) is 4.75. The van der Waals surface area contributed by atoms with Gasteiger partial charge in [0.15, 0.2) is 7.05 Å². The zero-order valence-corrected chi connectivity index (χ0v) is 18.5. The number of para-hydroxylation sites is 2. The van der Waals surface area contributed by atoms with E-state index in [0.717, 1.165) is 5.69 Å². The van der Waals surface area contributed by atoms with Gasteiger partial charge in [0.2, 0.25) is 11.9 Å². The fourth-order valence-electron chi connectivity index (χ4n) is 4.25. The third-order valence-corrected chi connectivity index (χ3v) is 6.67. The van der Waals surface area contributed by atoms with Crippen molar-refractivity contribution in [1.29, 1.82) is 0 Å². The van der Waals surface area contributed by atoms with Crippen molar-refractivity contribution >= 4 is 45.3 Å². The second-order valence-electron chi connectivity index (χ2n) is 7.85. The highest BCUT2D eigenvalue weighted by Gasteiger charge is 2.17. The Balaban J connectivity index is 1.44. The molecule has 0 N–H and O–H groups in total. The molecule has 0 spiro atoms. The number of aromatic nitrogens is 1. The van der Waals surface area contributed by atoms with Crippen LogP contribution in [0.5, 0.6) is 0 Å². The van der Waals surface area contributed by atoms with Crippen molar-refractivity contribution in [2.24, 2.45) is 0 Å². The van der Waals surface area contributed by atoms with Crippen LogP contribution < -0.4 is 0 Å². The average molecular weight is 432 g/mol. The van der Waals surface area contributed by atoms with Crippen molar-refractivity contribution in [1.82, 2.24) is 4.57 Å². The van der Waals surface area contributed by atoms with Crippen molar-refractivity contribution in [2.75, 3.05) is 7.05 Å². The van der Waals surface area contributed by atoms with E-state index in [2.05, 4.69) is 108 Å². The molecular formula is C28H21N3S+2. The summed E-state index contributed by atoms with van der Waals surface area (Å²) >= 11 is 1.79. The van der Waals surface area contributed by atoms with Crippen LogP contribution in [0.3, 0.4) is 0 Å². The smallest absolute Gasteiger partial charge is 0.309 e. The number of rotatable bonds is 4. The van der Waals surface area contributed by atoms with Crippen molar-refractivity contribution in [3.8, 4) is 5.69 Å². The van der Waals surface area contributed by atoms with Gasteiger partial charge in [-0.3, -0.25) is 0 Å². The molecule has 0 saturated heterocycles. The lowest BCUT2D eigenvalue weighted by Crippen LogP contribution is -1.93. The molecule has 0 fully saturated rings. The van der Waals surface area contributed by atoms with E-state index in [0.29, 0.717) is 0 Å². The molecule has 0 saturated carbocycles. The van der Waals surface area contributed by atoms with Crippen LogP contribution in [0, 0.1) is 0 Å². The predicted molar refractivity (Wildman–Crippen MR) is 132 cm³/mol. The largest absolute Gasteiger partial charge is 0.495 e. The van der Waals surface area contributed by atoms with E-state index >= 15 is 0 Å². The number of hydrogen-bond donors (Lipinski definition) is 0. The highest BCUT2D eigenvalue weighted by Crippen LogP contribution is 2.37. The molecule has 2 heterocycles. The van der Waals surface area contributed by atoms with Crippen molar-refractivity contribution in [3.63, 3.8) is 0 Å². The first-order valence-electron chi connectivity index (χ1n) is 10.6. The van der Waals surface area contributed by atoms with Gasteiger partial charge in [0, 0.05) is 38.4 Å². The maximum absolute atomic E-state index is 3.27. The van der Waals surface area contributed by atoms with Crippen LogP contribution in [0.4, 0.5) is 5.69 Å². The molecule has 1 aliphatic heterocycles. The summed E-state index contributed by atoms with van der Waals surface area (Å²) in [6.45, 7) is 0. The van der Waals surface area contributed by atoms with E-state index in [1.165, 1.54) is 37.3 Å². The summed E-state index contributed by atoms with van der Waals surface area (Å²) in [6.07, 6.45) is 4.02. The molecule has 32 heavy (non-hydrogen) atoms. The summed E-state index contributed by atoms with van der Waals surface area (Å²) in [4.78, 5) is 2.44. The van der Waals surface area contributed by atoms with Gasteiger partial charge in [-0.2, -0.15) is 0 Å². The first kappa shape index (κ1) is 18.9. The fourth-order valence-corrected chi connectivity index (χ4v) is 5.16. The Morgan fingerprint density at radius 3 is 2.31 bits per heavy atom. The van der Waals surface area contributed by atoms with Gasteiger partial charge in [-0.05, 0) is 42.5 Å². The van der Waals surface area contributed by atoms with Gasteiger partial charge >= 0.3 is 6.01 Å². The highest BCUT2D eigenvalue weighted by molar-refractivity contribution is 7.99. The number of benzene rings is 4. The van der Waals surface area contributed by atoms with Crippen molar-refractivity contribution in [3.05, 3.63) is 109 Å². The van der Waals surface area contributed by atoms with E-state index in [4.69, 9.17) is 0 Å². The average Bonchev–Trinajstić information content (AvgIpc) is 3.41. The van der Waals surface area contributed by atoms with Gasteiger partial charge in [-0.1, -0.05) is 63.4 Å². The lowest BCUT2D eigenvalue weighted by atomic mass is 10.1. The highest BCUT2D eigenvalue weighted by atomic mass is 32.2. The van der Waals surface area contributed by atoms with Gasteiger partial charge < -0.3 is 4.57 Å². The summed E-state index contributed by atoms with van der Waals surface area (Å²) < 4.78 is 6.29. The van der Waals surface area contributed by atoms with Crippen LogP contribution in [-0.4, -0.2) is 26.8 Å². The Hall–Kier alpha value is -3.85. The summed E-state index contributed by atoms with van der Waals surface area (Å²) in [7, 11) is 1.98. The molecule has 4 aromatic carbocycles. The number of hydrogen-bond acceptors (Lipinski definition) is 1. The maximum atomic E-state index is 3.27. The molecule has 4 heteroatoms. The first-order valence-corrected chi connectivity index (χ1v) is 11.4. The van der Waals surface area contributed by atoms with Crippen LogP contribution in [0.1, 0.15) is 0 Å². The molecule has 0 amide bonds. The fraction of sp³-hybridized carbons (Fsp3) is 0.0357. The summed E-state index contributed by atoms with van der Waals surface area (Å²) in [5, 5.41) is 2.55. The maximum Gasteiger partial charge on any atom is 0.495 e. The normalized spacial score (nSPS) is 13.0. The van der Waals surface area contributed by atoms with Crippen LogP contribution in [-0.2, 0) is 0 Å². The lowest BCUT2D eigenvalue weighted by molar-refractivity contribution is -0.429. The summed E-state index contributed by atoms with van der Waals surface area (Å²) in [5.74, 6) is 0. The summed E-state index contributed by atoms with van der Waals surface area (Å²) in [6, 6.07) is 37.9. The van der Waals surface area contributed by atoms with E-state index in [9.17, 15) is 0 Å². The number of fused-ring (bicyclic) bond motifs is 3. The van der Waals surface area contributed by atoms with Crippen LogP contribution in [0.25, 0.3) is 27.5 Å². The molecule has 6 rings (SSSR count). The SMILES string of the molecule is C[N+]1=C=[N+](c2cccc(Sc3ccc4c(c3)c3ccccc3n4-c3ccccc3)c2)C=C1. The quantitative estimate of drug-likeness (QED) is 0.282. The third kappa shape index (κ3) is 3.27. The molecule has 1 aliphatic rings. The predicted octanol–water partition coefficient (Wildman–Crippen LogP) is 6.88. The molecule has 3 nitrogen and oxygen atoms in total. The Morgan fingerprint density at radius 2 is 1.47 bits per heavy atom. The lowest BCUT2D eigenvalue weighted by Gasteiger charge is -2.08. The van der Waals surface area contributed by atoms with Gasteiger partial charge in [0.25, 0.3) is 6.20 Å². The standard InChI is InChI=1S/C28H21N3S/c1-29-16-17-30(20-29)22-10-7-11-23(18-22)32-24-14-15-28-26(19-24)25-12-5-6-13-27(25)31(28)21-8-3-2-4-9-21/h2-19H,1H3/q+2. The molecule has 152 valence electrons. The van der Waals surface area contributed by atoms with Gasteiger partial charge in [0.1, 0.15) is 0 Å². The van der Waals surface area contributed by atoms with E-state index in [-0.39, 0.29) is 0 Å². The minimum atomic E-state index is 1.11. The Morgan fingerprint density at radius 1 is 0.688 bits per heavy atom. The minimum Gasteiger partial charge on any atom is -0.309 e. The van der Waals surface area contributed by atoms with Crippen LogP contribution >= 0.6 is 11.8 Å². The van der Waals surface area contributed by atoms with Crippen molar-refractivity contribution < 1.29 is 9.15 Å². The minimum absolute atomic E-state index is 1.11.